The number of pyridine rings is 1. The first kappa shape index (κ1) is 24.2. The number of aromatic nitrogens is 4. The van der Waals surface area contributed by atoms with Crippen LogP contribution in [0.15, 0.2) is 78.0 Å². The second-order valence-electron chi connectivity index (χ2n) is 11.1. The van der Waals surface area contributed by atoms with Gasteiger partial charge < -0.3 is 0 Å². The largest absolute Gasteiger partial charge is 0.255 e. The molecule has 0 saturated heterocycles. The van der Waals surface area contributed by atoms with Crippen LogP contribution in [0.1, 0.15) is 68.3 Å². The Kier molecular flexibility index (Phi) is 6.44. The first-order valence-corrected chi connectivity index (χ1v) is 14.3. The highest BCUT2D eigenvalue weighted by Gasteiger charge is 2.21. The molecular formula is C34H31BN4. The van der Waals surface area contributed by atoms with Gasteiger partial charge in [-0.15, -0.1) is 0 Å². The van der Waals surface area contributed by atoms with Gasteiger partial charge in [-0.25, -0.2) is 15.0 Å². The van der Waals surface area contributed by atoms with Crippen molar-refractivity contribution in [1.82, 2.24) is 19.9 Å². The van der Waals surface area contributed by atoms with E-state index in [1.54, 1.807) is 5.57 Å². The molecule has 0 bridgehead atoms. The number of hydrogen-bond acceptors (Lipinski definition) is 4. The van der Waals surface area contributed by atoms with Crippen molar-refractivity contribution < 1.29 is 0 Å². The first-order chi connectivity index (χ1) is 19.2. The highest BCUT2D eigenvalue weighted by molar-refractivity contribution is 6.32. The minimum atomic E-state index is 0.674. The zero-order chi connectivity index (χ0) is 26.2. The summed E-state index contributed by atoms with van der Waals surface area (Å²) in [5.74, 6) is 2.22. The fourth-order valence-corrected chi connectivity index (χ4v) is 6.20. The van der Waals surface area contributed by atoms with Crippen molar-refractivity contribution >= 4 is 18.9 Å². The van der Waals surface area contributed by atoms with Crippen LogP contribution in [-0.2, 0) is 12.8 Å². The topological polar surface area (TPSA) is 51.6 Å². The Labute approximate surface area is 231 Å². The van der Waals surface area contributed by atoms with Crippen LogP contribution in [0.2, 0.25) is 0 Å². The maximum absolute atomic E-state index is 5.87. The monoisotopic (exact) mass is 506 g/mol. The summed E-state index contributed by atoms with van der Waals surface area (Å²) in [6.07, 6.45) is 16.2. The van der Waals surface area contributed by atoms with Crippen molar-refractivity contribution in [3.05, 3.63) is 95.0 Å². The molecule has 0 amide bonds. The van der Waals surface area contributed by atoms with Crippen molar-refractivity contribution in [1.29, 1.82) is 0 Å². The molecule has 2 aromatic carbocycles. The zero-order valence-electron chi connectivity index (χ0n) is 22.3. The predicted molar refractivity (Wildman–Crippen MR) is 159 cm³/mol. The van der Waals surface area contributed by atoms with E-state index in [1.807, 2.05) is 36.5 Å². The molecule has 4 nitrogen and oxygen atoms in total. The number of rotatable bonds is 4. The Balaban J connectivity index is 1.31. The molecule has 0 saturated carbocycles. The van der Waals surface area contributed by atoms with Crippen LogP contribution in [0.4, 0.5) is 0 Å². The molecule has 3 aliphatic rings. The van der Waals surface area contributed by atoms with E-state index in [1.165, 1.54) is 67.2 Å². The smallest absolute Gasteiger partial charge is 0.165 e. The van der Waals surface area contributed by atoms with Gasteiger partial charge in [-0.05, 0) is 105 Å². The lowest BCUT2D eigenvalue weighted by Crippen LogP contribution is -2.08. The molecular weight excluding hydrogens is 475 g/mol. The number of fused-ring (bicyclic) bond motifs is 1. The molecule has 0 N–H and O–H groups in total. The number of benzene rings is 2. The standard InChI is InChI=1S/C34H31BN4/c35-30-16-13-24(14-17-30)31-18-15-29(21-36-31)34-38-32(27-11-9-22-5-1-3-7-25(22)19-27)37-33(39-34)28-12-10-23-6-2-4-8-26(23)20-28/h9,11,13-21H,1-8,10,12H2. The summed E-state index contributed by atoms with van der Waals surface area (Å²) in [4.78, 5) is 19.8. The summed E-state index contributed by atoms with van der Waals surface area (Å²) < 4.78 is 0. The number of aryl methyl sites for hydroxylation is 2. The van der Waals surface area contributed by atoms with E-state index in [9.17, 15) is 0 Å². The van der Waals surface area contributed by atoms with Crippen molar-refractivity contribution in [2.45, 2.75) is 64.2 Å². The van der Waals surface area contributed by atoms with Crippen LogP contribution in [-0.4, -0.2) is 27.8 Å². The highest BCUT2D eigenvalue weighted by atomic mass is 15.0. The van der Waals surface area contributed by atoms with Gasteiger partial charge in [0.05, 0.1) is 5.69 Å². The summed E-state index contributed by atoms with van der Waals surface area (Å²) in [6, 6.07) is 18.6. The number of nitrogens with zero attached hydrogens (tertiary/aromatic N) is 4. The molecule has 2 heterocycles. The maximum atomic E-state index is 5.87. The summed E-state index contributed by atoms with van der Waals surface area (Å²) in [7, 11) is 5.87. The molecule has 2 radical (unpaired) electrons. The molecule has 4 aromatic rings. The minimum absolute atomic E-state index is 0.674. The van der Waals surface area contributed by atoms with Crippen molar-refractivity contribution in [3.63, 3.8) is 0 Å². The molecule has 0 atom stereocenters. The van der Waals surface area contributed by atoms with Crippen molar-refractivity contribution in [2.24, 2.45) is 0 Å². The third-order valence-corrected chi connectivity index (χ3v) is 8.43. The lowest BCUT2D eigenvalue weighted by molar-refractivity contribution is 0.652. The Hall–Kier alpha value is -3.86. The average Bonchev–Trinajstić information content (AvgIpc) is 3.01. The van der Waals surface area contributed by atoms with Crippen LogP contribution in [0, 0.1) is 0 Å². The lowest BCUT2D eigenvalue weighted by atomic mass is 9.83. The van der Waals surface area contributed by atoms with E-state index < -0.39 is 0 Å². The Bertz CT molecular complexity index is 1600. The Morgan fingerprint density at radius 3 is 2.08 bits per heavy atom. The first-order valence-electron chi connectivity index (χ1n) is 14.3. The fraction of sp³-hybridized carbons (Fsp3) is 0.294. The van der Waals surface area contributed by atoms with Gasteiger partial charge in [0.2, 0.25) is 0 Å². The molecule has 5 heteroatoms. The maximum Gasteiger partial charge on any atom is 0.165 e. The van der Waals surface area contributed by atoms with Gasteiger partial charge in [0, 0.05) is 22.9 Å². The zero-order valence-corrected chi connectivity index (χ0v) is 22.3. The summed E-state index contributed by atoms with van der Waals surface area (Å²) >= 11 is 0. The lowest BCUT2D eigenvalue weighted by Gasteiger charge is -2.24. The van der Waals surface area contributed by atoms with Crippen molar-refractivity contribution in [3.8, 4) is 34.0 Å². The normalized spacial score (nSPS) is 16.9. The van der Waals surface area contributed by atoms with Gasteiger partial charge in [-0.3, -0.25) is 4.98 Å². The van der Waals surface area contributed by atoms with Gasteiger partial charge in [0.15, 0.2) is 17.5 Å². The molecule has 3 aliphatic carbocycles. The third-order valence-electron chi connectivity index (χ3n) is 8.43. The Morgan fingerprint density at radius 2 is 1.26 bits per heavy atom. The second kappa shape index (κ2) is 10.4. The molecule has 2 aromatic heterocycles. The Morgan fingerprint density at radius 1 is 0.564 bits per heavy atom. The summed E-state index contributed by atoms with van der Waals surface area (Å²) in [6.45, 7) is 0. The molecule has 0 unspecified atom stereocenters. The van der Waals surface area contributed by atoms with E-state index in [-0.39, 0.29) is 0 Å². The van der Waals surface area contributed by atoms with E-state index in [4.69, 9.17) is 27.8 Å². The van der Waals surface area contributed by atoms with Crippen LogP contribution < -0.4 is 5.46 Å². The van der Waals surface area contributed by atoms with Crippen LogP contribution in [0.3, 0.4) is 0 Å². The fourth-order valence-electron chi connectivity index (χ4n) is 6.20. The summed E-state index contributed by atoms with van der Waals surface area (Å²) in [5, 5.41) is 0. The average molecular weight is 506 g/mol. The highest BCUT2D eigenvalue weighted by Crippen LogP contribution is 2.37. The van der Waals surface area contributed by atoms with Crippen LogP contribution in [0.5, 0.6) is 0 Å². The quantitative estimate of drug-likeness (QED) is 0.280. The summed E-state index contributed by atoms with van der Waals surface area (Å²) in [5.41, 5.74) is 11.9. The van der Waals surface area contributed by atoms with Gasteiger partial charge in [0.1, 0.15) is 7.85 Å². The van der Waals surface area contributed by atoms with Crippen molar-refractivity contribution in [2.75, 3.05) is 0 Å². The molecule has 39 heavy (non-hydrogen) atoms. The predicted octanol–water partition coefficient (Wildman–Crippen LogP) is 6.99. The SMILES string of the molecule is [B]c1ccc(-c2ccc(-c3nc(C4=CC5=C(CCCC5)CC4)nc(-c4ccc5c(c4)CCCC5)n3)cn2)cc1. The number of allylic oxidation sites excluding steroid dienone is 4. The molecule has 0 fully saturated rings. The second-order valence-corrected chi connectivity index (χ2v) is 11.1. The molecule has 0 aliphatic heterocycles. The molecule has 7 rings (SSSR count). The third kappa shape index (κ3) is 4.98. The van der Waals surface area contributed by atoms with Gasteiger partial charge >= 0.3 is 0 Å². The van der Waals surface area contributed by atoms with Gasteiger partial charge in [-0.2, -0.15) is 0 Å². The van der Waals surface area contributed by atoms with E-state index in [2.05, 4.69) is 30.3 Å². The van der Waals surface area contributed by atoms with Crippen LogP contribution >= 0.6 is 0 Å². The number of hydrogen-bond donors (Lipinski definition) is 0. The van der Waals surface area contributed by atoms with E-state index in [0.717, 1.165) is 58.8 Å². The molecule has 0 spiro atoms. The van der Waals surface area contributed by atoms with E-state index >= 15 is 0 Å². The minimum Gasteiger partial charge on any atom is -0.255 e. The van der Waals surface area contributed by atoms with Crippen LogP contribution in [0.25, 0.3) is 39.6 Å². The van der Waals surface area contributed by atoms with E-state index in [0.29, 0.717) is 5.82 Å². The van der Waals surface area contributed by atoms with Gasteiger partial charge in [-0.1, -0.05) is 53.5 Å². The molecule has 190 valence electrons. The van der Waals surface area contributed by atoms with Gasteiger partial charge in [0.25, 0.3) is 0 Å².